The number of para-hydroxylation sites is 1. The van der Waals surface area contributed by atoms with Gasteiger partial charge in [0.25, 0.3) is 0 Å². The van der Waals surface area contributed by atoms with E-state index in [0.717, 1.165) is 6.08 Å². The van der Waals surface area contributed by atoms with E-state index in [4.69, 9.17) is 5.11 Å². The monoisotopic (exact) mass is 318 g/mol. The van der Waals surface area contributed by atoms with Crippen LogP contribution in [0, 0.1) is 0 Å². The van der Waals surface area contributed by atoms with Crippen molar-refractivity contribution >= 4 is 18.0 Å². The number of methoxy groups -OCH3 is 1. The molecule has 1 aromatic rings. The number of esters is 1. The average molecular weight is 318 g/mol. The zero-order valence-electron chi connectivity index (χ0n) is 11.5. The molecular weight excluding hydrogens is 305 g/mol. The molecule has 0 bridgehead atoms. The number of benzene rings is 1. The number of carbonyl (C=O) groups excluding carboxylic acids is 1. The van der Waals surface area contributed by atoms with Gasteiger partial charge < -0.3 is 14.6 Å². The van der Waals surface area contributed by atoms with Gasteiger partial charge in [0.15, 0.2) is 0 Å². The van der Waals surface area contributed by atoms with Crippen LogP contribution in [-0.2, 0) is 20.7 Å². The third kappa shape index (κ3) is 5.86. The highest BCUT2D eigenvalue weighted by atomic mass is 19.4. The molecule has 0 fully saturated rings. The Morgan fingerprint density at radius 3 is 2.55 bits per heavy atom. The van der Waals surface area contributed by atoms with Gasteiger partial charge in [0.1, 0.15) is 5.75 Å². The molecular formula is C14H13F3O5. The second kappa shape index (κ2) is 7.48. The lowest BCUT2D eigenvalue weighted by atomic mass is 10.0. The van der Waals surface area contributed by atoms with Crippen LogP contribution in [-0.4, -0.2) is 30.5 Å². The first kappa shape index (κ1) is 17.5. The van der Waals surface area contributed by atoms with Crippen molar-refractivity contribution in [2.75, 3.05) is 7.11 Å². The lowest BCUT2D eigenvalue weighted by molar-refractivity contribution is -0.275. The first-order valence-corrected chi connectivity index (χ1v) is 6.08. The Morgan fingerprint density at radius 1 is 1.32 bits per heavy atom. The Morgan fingerprint density at radius 2 is 2.00 bits per heavy atom. The summed E-state index contributed by atoms with van der Waals surface area (Å²) in [6.45, 7) is 0. The summed E-state index contributed by atoms with van der Waals surface area (Å²) in [5.74, 6) is -2.42. The summed E-state index contributed by atoms with van der Waals surface area (Å²) in [7, 11) is 1.17. The van der Waals surface area contributed by atoms with E-state index in [1.165, 1.54) is 25.3 Å². The standard InChI is InChI=1S/C14H13F3O5/c1-21-12(20)8-6-10-4-2-3-9(5-7-11(18)19)13(10)22-14(15,16)17/h2-5,7H,6,8H2,1H3,(H,18,19)/b7-5+. The van der Waals surface area contributed by atoms with E-state index in [2.05, 4.69) is 9.47 Å². The van der Waals surface area contributed by atoms with Crippen LogP contribution in [0.1, 0.15) is 17.5 Å². The van der Waals surface area contributed by atoms with Crippen molar-refractivity contribution < 1.29 is 37.3 Å². The van der Waals surface area contributed by atoms with Crippen LogP contribution in [0.3, 0.4) is 0 Å². The highest BCUT2D eigenvalue weighted by Gasteiger charge is 2.33. The Bertz CT molecular complexity index is 578. The molecule has 0 aromatic heterocycles. The summed E-state index contributed by atoms with van der Waals surface area (Å²) in [6, 6.07) is 4.08. The molecule has 1 aromatic carbocycles. The van der Waals surface area contributed by atoms with Gasteiger partial charge in [0.2, 0.25) is 0 Å². The number of hydrogen-bond acceptors (Lipinski definition) is 4. The van der Waals surface area contributed by atoms with Crippen LogP contribution >= 0.6 is 0 Å². The van der Waals surface area contributed by atoms with Crippen molar-refractivity contribution in [2.24, 2.45) is 0 Å². The van der Waals surface area contributed by atoms with Gasteiger partial charge in [-0.05, 0) is 18.1 Å². The Labute approximate surface area is 124 Å². The fraction of sp³-hybridized carbons (Fsp3) is 0.286. The van der Waals surface area contributed by atoms with Gasteiger partial charge in [-0.3, -0.25) is 4.79 Å². The molecule has 0 aliphatic heterocycles. The first-order valence-electron chi connectivity index (χ1n) is 6.08. The number of carboxylic acid groups (broad SMARTS) is 1. The van der Waals surface area contributed by atoms with Crippen LogP contribution in [0.5, 0.6) is 5.75 Å². The zero-order chi connectivity index (χ0) is 16.8. The highest BCUT2D eigenvalue weighted by molar-refractivity contribution is 5.86. The number of halogens is 3. The molecule has 0 heterocycles. The van der Waals surface area contributed by atoms with Crippen LogP contribution in [0.2, 0.25) is 0 Å². The number of alkyl halides is 3. The molecule has 0 atom stereocenters. The molecule has 0 amide bonds. The Balaban J connectivity index is 3.15. The normalized spacial score (nSPS) is 11.5. The Hall–Kier alpha value is -2.51. The minimum Gasteiger partial charge on any atom is -0.478 e. The van der Waals surface area contributed by atoms with Crippen LogP contribution in [0.25, 0.3) is 6.08 Å². The van der Waals surface area contributed by atoms with Gasteiger partial charge in [-0.1, -0.05) is 18.2 Å². The largest absolute Gasteiger partial charge is 0.573 e. The Kier molecular flexibility index (Phi) is 5.97. The number of ether oxygens (including phenoxy) is 2. The van der Waals surface area contributed by atoms with E-state index in [1.807, 2.05) is 0 Å². The maximum Gasteiger partial charge on any atom is 0.573 e. The minimum atomic E-state index is -4.94. The van der Waals surface area contributed by atoms with Crippen molar-refractivity contribution in [3.63, 3.8) is 0 Å². The second-order valence-electron chi connectivity index (χ2n) is 4.13. The molecule has 0 radical (unpaired) electrons. The summed E-state index contributed by atoms with van der Waals surface area (Å²) in [5, 5.41) is 8.56. The maximum absolute atomic E-state index is 12.5. The summed E-state index contributed by atoms with van der Waals surface area (Å²) >= 11 is 0. The number of carbonyl (C=O) groups is 2. The predicted molar refractivity (Wildman–Crippen MR) is 70.1 cm³/mol. The van der Waals surface area contributed by atoms with E-state index in [-0.39, 0.29) is 24.0 Å². The molecule has 22 heavy (non-hydrogen) atoms. The quantitative estimate of drug-likeness (QED) is 0.645. The molecule has 1 rings (SSSR count). The van der Waals surface area contributed by atoms with Crippen LogP contribution < -0.4 is 4.74 Å². The van der Waals surface area contributed by atoms with E-state index in [9.17, 15) is 22.8 Å². The maximum atomic E-state index is 12.5. The third-order valence-electron chi connectivity index (χ3n) is 2.58. The molecule has 0 unspecified atom stereocenters. The number of rotatable bonds is 6. The fourth-order valence-electron chi connectivity index (χ4n) is 1.67. The van der Waals surface area contributed by atoms with Gasteiger partial charge in [-0.15, -0.1) is 13.2 Å². The van der Waals surface area contributed by atoms with Crippen molar-refractivity contribution in [3.05, 3.63) is 35.4 Å². The van der Waals surface area contributed by atoms with Gasteiger partial charge in [-0.2, -0.15) is 0 Å². The van der Waals surface area contributed by atoms with E-state index >= 15 is 0 Å². The highest BCUT2D eigenvalue weighted by Crippen LogP contribution is 2.32. The smallest absolute Gasteiger partial charge is 0.478 e. The lowest BCUT2D eigenvalue weighted by Gasteiger charge is -2.15. The van der Waals surface area contributed by atoms with Gasteiger partial charge >= 0.3 is 18.3 Å². The summed E-state index contributed by atoms with van der Waals surface area (Å²) in [5.41, 5.74) is 0.0670. The number of aryl methyl sites for hydroxylation is 1. The van der Waals surface area contributed by atoms with Crippen molar-refractivity contribution in [1.29, 1.82) is 0 Å². The molecule has 1 N–H and O–H groups in total. The van der Waals surface area contributed by atoms with Crippen LogP contribution in [0.15, 0.2) is 24.3 Å². The zero-order valence-corrected chi connectivity index (χ0v) is 11.5. The molecule has 0 saturated heterocycles. The number of aliphatic carboxylic acids is 1. The molecule has 0 spiro atoms. The van der Waals surface area contributed by atoms with E-state index in [1.54, 1.807) is 0 Å². The molecule has 8 heteroatoms. The summed E-state index contributed by atoms with van der Waals surface area (Å²) in [4.78, 5) is 21.6. The number of hydrogen-bond donors (Lipinski definition) is 1. The topological polar surface area (TPSA) is 72.8 Å². The molecule has 0 aliphatic rings. The minimum absolute atomic E-state index is 0.0349. The molecule has 5 nitrogen and oxygen atoms in total. The average Bonchev–Trinajstić information content (AvgIpc) is 2.42. The summed E-state index contributed by atoms with van der Waals surface area (Å²) in [6.07, 6.45) is -3.41. The second-order valence-corrected chi connectivity index (χ2v) is 4.13. The SMILES string of the molecule is COC(=O)CCc1cccc(/C=C/C(=O)O)c1OC(F)(F)F. The van der Waals surface area contributed by atoms with Crippen LogP contribution in [0.4, 0.5) is 13.2 Å². The van der Waals surface area contributed by atoms with Gasteiger partial charge in [-0.25, -0.2) is 4.79 Å². The van der Waals surface area contributed by atoms with Gasteiger partial charge in [0, 0.05) is 18.1 Å². The molecule has 120 valence electrons. The van der Waals surface area contributed by atoms with Crippen molar-refractivity contribution in [1.82, 2.24) is 0 Å². The summed E-state index contributed by atoms with van der Waals surface area (Å²) < 4.78 is 45.9. The third-order valence-corrected chi connectivity index (χ3v) is 2.58. The molecule has 0 aliphatic carbocycles. The van der Waals surface area contributed by atoms with E-state index in [0.29, 0.717) is 6.08 Å². The first-order chi connectivity index (χ1) is 10.2. The number of carboxylic acids is 1. The molecule has 0 saturated carbocycles. The van der Waals surface area contributed by atoms with E-state index < -0.39 is 24.1 Å². The lowest BCUT2D eigenvalue weighted by Crippen LogP contribution is -2.19. The van der Waals surface area contributed by atoms with Crippen molar-refractivity contribution in [3.8, 4) is 5.75 Å². The van der Waals surface area contributed by atoms with Gasteiger partial charge in [0.05, 0.1) is 7.11 Å². The fourth-order valence-corrected chi connectivity index (χ4v) is 1.67. The predicted octanol–water partition coefficient (Wildman–Crippen LogP) is 2.79. The van der Waals surface area contributed by atoms with Crippen molar-refractivity contribution in [2.45, 2.75) is 19.2 Å².